The van der Waals surface area contributed by atoms with Crippen molar-refractivity contribution in [1.82, 2.24) is 10.3 Å². The van der Waals surface area contributed by atoms with Gasteiger partial charge < -0.3 is 15.0 Å². The summed E-state index contributed by atoms with van der Waals surface area (Å²) in [7, 11) is 0. The molecule has 2 heterocycles. The zero-order chi connectivity index (χ0) is 16.9. The Labute approximate surface area is 135 Å². The van der Waals surface area contributed by atoms with E-state index in [0.717, 1.165) is 36.0 Å². The van der Waals surface area contributed by atoms with Crippen molar-refractivity contribution in [2.24, 2.45) is 0 Å². The highest BCUT2D eigenvalue weighted by atomic mass is 19.1. The molecule has 0 radical (unpaired) electrons. The monoisotopic (exact) mass is 318 g/mol. The van der Waals surface area contributed by atoms with Gasteiger partial charge in [0, 0.05) is 29.2 Å². The van der Waals surface area contributed by atoms with E-state index in [4.69, 9.17) is 0 Å². The molecule has 1 aliphatic heterocycles. The van der Waals surface area contributed by atoms with Gasteiger partial charge in [-0.25, -0.2) is 4.39 Å². The quantitative estimate of drug-likeness (QED) is 0.831. The number of benzene rings is 1. The van der Waals surface area contributed by atoms with Crippen LogP contribution in [0.1, 0.15) is 32.8 Å². The van der Waals surface area contributed by atoms with E-state index in [-0.39, 0.29) is 11.4 Å². The van der Waals surface area contributed by atoms with Crippen LogP contribution in [-0.4, -0.2) is 30.1 Å². The largest absolute Gasteiger partial charge is 0.462 e. The molecular formula is C18H23FN2O2. The highest BCUT2D eigenvalue weighted by Gasteiger charge is 2.11. The second-order valence-electron chi connectivity index (χ2n) is 6.40. The van der Waals surface area contributed by atoms with Crippen LogP contribution in [0.3, 0.4) is 0 Å². The molecule has 3 rings (SSSR count). The van der Waals surface area contributed by atoms with Crippen molar-refractivity contribution in [3.63, 3.8) is 0 Å². The van der Waals surface area contributed by atoms with Gasteiger partial charge >= 0.3 is 0 Å². The number of fused-ring (bicyclic) bond motifs is 1. The van der Waals surface area contributed by atoms with E-state index in [1.807, 2.05) is 27.0 Å². The third kappa shape index (κ3) is 4.93. The number of hydrogen-bond acceptors (Lipinski definition) is 3. The molecule has 0 unspecified atom stereocenters. The number of halogens is 1. The lowest BCUT2D eigenvalue weighted by atomic mass is 10.00. The van der Waals surface area contributed by atoms with Crippen LogP contribution in [0.4, 0.5) is 4.39 Å². The average Bonchev–Trinajstić information content (AvgIpc) is 2.90. The number of carbonyl (C=O) groups excluding carboxylic acids is 1. The number of ether oxygens (including phenoxy) is 1. The maximum Gasteiger partial charge on any atom is 0.293 e. The molecule has 1 aromatic carbocycles. The summed E-state index contributed by atoms with van der Waals surface area (Å²) in [5, 5.41) is 4.26. The zero-order valence-electron chi connectivity index (χ0n) is 13.8. The molecule has 0 spiro atoms. The Hall–Kier alpha value is -2.14. The fraction of sp³-hybridized carbons (Fsp3) is 0.389. The molecule has 124 valence electrons. The summed E-state index contributed by atoms with van der Waals surface area (Å²) in [4.78, 5) is 12.8. The van der Waals surface area contributed by atoms with E-state index in [2.05, 4.69) is 21.1 Å². The van der Waals surface area contributed by atoms with E-state index >= 15 is 0 Å². The predicted molar refractivity (Wildman–Crippen MR) is 90.6 cm³/mol. The molecule has 0 saturated carbocycles. The molecule has 0 bridgehead atoms. The summed E-state index contributed by atoms with van der Waals surface area (Å²) >= 11 is 0. The predicted octanol–water partition coefficient (Wildman–Crippen LogP) is 3.64. The van der Waals surface area contributed by atoms with Gasteiger partial charge in [0.1, 0.15) is 11.4 Å². The molecule has 0 fully saturated rings. The third-order valence-corrected chi connectivity index (χ3v) is 3.46. The maximum atomic E-state index is 13.2. The zero-order valence-corrected chi connectivity index (χ0v) is 13.8. The van der Waals surface area contributed by atoms with Gasteiger partial charge in [0.25, 0.3) is 6.47 Å². The van der Waals surface area contributed by atoms with E-state index < -0.39 is 0 Å². The number of rotatable bonds is 2. The summed E-state index contributed by atoms with van der Waals surface area (Å²) in [6.45, 7) is 7.81. The number of aromatic amines is 1. The van der Waals surface area contributed by atoms with Crippen molar-refractivity contribution in [2.45, 2.75) is 32.8 Å². The number of hydrogen-bond donors (Lipinski definition) is 2. The lowest BCUT2D eigenvalue weighted by Gasteiger charge is -2.14. The Kier molecular flexibility index (Phi) is 5.55. The minimum atomic E-state index is -0.318. The smallest absolute Gasteiger partial charge is 0.293 e. The van der Waals surface area contributed by atoms with Crippen molar-refractivity contribution in [1.29, 1.82) is 0 Å². The molecule has 0 aliphatic carbocycles. The molecule has 1 aromatic heterocycles. The summed E-state index contributed by atoms with van der Waals surface area (Å²) in [5.74, 6) is -0.178. The van der Waals surface area contributed by atoms with Crippen LogP contribution in [0.15, 0.2) is 30.5 Å². The lowest BCUT2D eigenvalue weighted by Crippen LogP contribution is -2.19. The van der Waals surface area contributed by atoms with Crippen molar-refractivity contribution in [3.05, 3.63) is 41.9 Å². The lowest BCUT2D eigenvalue weighted by molar-refractivity contribution is -0.138. The molecule has 0 saturated heterocycles. The normalized spacial score (nSPS) is 14.7. The Morgan fingerprint density at radius 2 is 2.09 bits per heavy atom. The maximum absolute atomic E-state index is 13.2. The van der Waals surface area contributed by atoms with Crippen LogP contribution >= 0.6 is 0 Å². The topological polar surface area (TPSA) is 54.1 Å². The Morgan fingerprint density at radius 3 is 2.65 bits per heavy atom. The van der Waals surface area contributed by atoms with E-state index in [9.17, 15) is 9.18 Å². The van der Waals surface area contributed by atoms with Crippen molar-refractivity contribution >= 4 is 22.9 Å². The molecule has 5 heteroatoms. The average molecular weight is 318 g/mol. The van der Waals surface area contributed by atoms with Crippen LogP contribution < -0.4 is 5.32 Å². The van der Waals surface area contributed by atoms with Gasteiger partial charge in [-0.2, -0.15) is 0 Å². The summed E-state index contributed by atoms with van der Waals surface area (Å²) < 4.78 is 17.8. The van der Waals surface area contributed by atoms with Gasteiger partial charge in [-0.3, -0.25) is 4.79 Å². The van der Waals surface area contributed by atoms with Crippen LogP contribution in [-0.2, 0) is 9.53 Å². The van der Waals surface area contributed by atoms with E-state index in [1.165, 1.54) is 11.6 Å². The minimum absolute atomic E-state index is 0.178. The second kappa shape index (κ2) is 7.42. The Morgan fingerprint density at radius 1 is 1.30 bits per heavy atom. The second-order valence-corrected chi connectivity index (χ2v) is 6.40. The molecule has 23 heavy (non-hydrogen) atoms. The van der Waals surface area contributed by atoms with Crippen LogP contribution in [0.5, 0.6) is 0 Å². The van der Waals surface area contributed by atoms with Gasteiger partial charge in [-0.05, 0) is 57.5 Å². The van der Waals surface area contributed by atoms with Gasteiger partial charge in [0.2, 0.25) is 0 Å². The van der Waals surface area contributed by atoms with Gasteiger partial charge in [0.05, 0.1) is 0 Å². The van der Waals surface area contributed by atoms with Crippen LogP contribution in [0.2, 0.25) is 0 Å². The summed E-state index contributed by atoms with van der Waals surface area (Å²) in [5.41, 5.74) is 3.12. The van der Waals surface area contributed by atoms with Crippen LogP contribution in [0.25, 0.3) is 16.5 Å². The fourth-order valence-electron chi connectivity index (χ4n) is 2.37. The first kappa shape index (κ1) is 17.2. The van der Waals surface area contributed by atoms with E-state index in [1.54, 1.807) is 12.1 Å². The fourth-order valence-corrected chi connectivity index (χ4v) is 2.37. The van der Waals surface area contributed by atoms with Crippen molar-refractivity contribution in [2.75, 3.05) is 13.1 Å². The van der Waals surface area contributed by atoms with Gasteiger partial charge in [-0.1, -0.05) is 6.08 Å². The number of nitrogens with one attached hydrogen (secondary N) is 2. The molecule has 2 N–H and O–H groups in total. The van der Waals surface area contributed by atoms with Crippen LogP contribution in [0, 0.1) is 5.82 Å². The first-order valence-corrected chi connectivity index (χ1v) is 7.69. The van der Waals surface area contributed by atoms with Crippen molar-refractivity contribution in [3.8, 4) is 0 Å². The highest BCUT2D eigenvalue weighted by Crippen LogP contribution is 2.28. The van der Waals surface area contributed by atoms with Crippen molar-refractivity contribution < 1.29 is 13.9 Å². The SMILES string of the molecule is CC(C)(C)OC=O.Fc1ccc2[nH]cc(C3=CCNCC3)c2c1. The standard InChI is InChI=1S/C13H13FN2.C5H10O2/c14-10-1-2-13-11(7-10)12(8-16-13)9-3-5-15-6-4-9;1-5(2,3)7-4-6/h1-3,7-8,15-16H,4-6H2;4H,1-3H3. The first-order valence-electron chi connectivity index (χ1n) is 7.69. The summed E-state index contributed by atoms with van der Waals surface area (Å²) in [6, 6.07) is 4.87. The first-order chi connectivity index (χ1) is 10.9. The number of aromatic nitrogens is 1. The number of H-pyrrole nitrogens is 1. The minimum Gasteiger partial charge on any atom is -0.462 e. The number of carbonyl (C=O) groups is 1. The molecule has 0 atom stereocenters. The molecule has 2 aromatic rings. The third-order valence-electron chi connectivity index (χ3n) is 3.46. The molecule has 4 nitrogen and oxygen atoms in total. The Balaban J connectivity index is 0.000000236. The Bertz CT molecular complexity index is 699. The molecule has 1 aliphatic rings. The highest BCUT2D eigenvalue weighted by molar-refractivity contribution is 5.92. The summed E-state index contributed by atoms with van der Waals surface area (Å²) in [6.07, 6.45) is 5.15. The molecule has 0 amide bonds. The van der Waals surface area contributed by atoms with Gasteiger partial charge in [-0.15, -0.1) is 0 Å². The van der Waals surface area contributed by atoms with Gasteiger partial charge in [0.15, 0.2) is 0 Å². The van der Waals surface area contributed by atoms with E-state index in [0.29, 0.717) is 6.47 Å². The molecular weight excluding hydrogens is 295 g/mol.